The Hall–Kier alpha value is -0.690. The van der Waals surface area contributed by atoms with Gasteiger partial charge in [0.15, 0.2) is 0 Å². The van der Waals surface area contributed by atoms with Gasteiger partial charge in [0.25, 0.3) is 0 Å². The van der Waals surface area contributed by atoms with Gasteiger partial charge in [-0.15, -0.1) is 0 Å². The first-order valence-corrected chi connectivity index (χ1v) is 9.66. The smallest absolute Gasteiger partial charge is 0.248 e. The molecule has 0 aliphatic carbocycles. The highest BCUT2D eigenvalue weighted by molar-refractivity contribution is 5.77. The molecule has 136 valence electrons. The second-order valence-electron chi connectivity index (χ2n) is 7.59. The van der Waals surface area contributed by atoms with Gasteiger partial charge in [0.1, 0.15) is 6.61 Å². The van der Waals surface area contributed by atoms with Gasteiger partial charge in [0.05, 0.1) is 25.4 Å². The van der Waals surface area contributed by atoms with E-state index in [1.807, 2.05) is 4.90 Å². The van der Waals surface area contributed by atoms with Crippen molar-refractivity contribution < 1.29 is 19.0 Å². The largest absolute Gasteiger partial charge is 0.380 e. The third kappa shape index (κ3) is 3.62. The molecule has 0 aromatic heterocycles. The van der Waals surface area contributed by atoms with E-state index >= 15 is 0 Å². The summed E-state index contributed by atoms with van der Waals surface area (Å²) in [5, 5.41) is 0. The fourth-order valence-electron chi connectivity index (χ4n) is 4.73. The Balaban J connectivity index is 1.19. The van der Waals surface area contributed by atoms with Gasteiger partial charge in [-0.1, -0.05) is 0 Å². The number of nitrogens with zero attached hydrogens (tertiary/aromatic N) is 2. The van der Waals surface area contributed by atoms with Crippen molar-refractivity contribution in [2.24, 2.45) is 0 Å². The van der Waals surface area contributed by atoms with E-state index in [-0.39, 0.29) is 18.6 Å². The summed E-state index contributed by atoms with van der Waals surface area (Å²) >= 11 is 0. The van der Waals surface area contributed by atoms with Gasteiger partial charge in [-0.2, -0.15) is 0 Å². The summed E-state index contributed by atoms with van der Waals surface area (Å²) < 4.78 is 17.5. The fourth-order valence-corrected chi connectivity index (χ4v) is 4.73. The van der Waals surface area contributed by atoms with Crippen molar-refractivity contribution in [3.8, 4) is 0 Å². The van der Waals surface area contributed by atoms with Crippen LogP contribution in [-0.2, 0) is 19.0 Å². The maximum Gasteiger partial charge on any atom is 0.248 e. The molecule has 6 nitrogen and oxygen atoms in total. The van der Waals surface area contributed by atoms with E-state index in [1.54, 1.807) is 0 Å². The number of carbonyl (C=O) groups excluding carboxylic acids is 1. The van der Waals surface area contributed by atoms with E-state index in [9.17, 15) is 4.79 Å². The lowest BCUT2D eigenvalue weighted by Gasteiger charge is -2.38. The summed E-state index contributed by atoms with van der Waals surface area (Å²) in [6.07, 6.45) is 7.23. The number of hydrogen-bond donors (Lipinski definition) is 0. The topological polar surface area (TPSA) is 51.2 Å². The van der Waals surface area contributed by atoms with Gasteiger partial charge in [0, 0.05) is 38.3 Å². The summed E-state index contributed by atoms with van der Waals surface area (Å²) in [5.74, 6) is 0.134. The van der Waals surface area contributed by atoms with E-state index in [0.717, 1.165) is 65.0 Å². The van der Waals surface area contributed by atoms with E-state index in [0.29, 0.717) is 24.8 Å². The minimum Gasteiger partial charge on any atom is -0.380 e. The lowest BCUT2D eigenvalue weighted by atomic mass is 9.98. The maximum absolute atomic E-state index is 12.0. The number of amides is 1. The molecule has 0 aromatic rings. The third-order valence-corrected chi connectivity index (χ3v) is 6.04. The first-order valence-electron chi connectivity index (χ1n) is 9.66. The summed E-state index contributed by atoms with van der Waals surface area (Å²) in [7, 11) is 0. The first kappa shape index (κ1) is 16.8. The average Bonchev–Trinajstić information content (AvgIpc) is 3.34. The SMILES string of the molecule is O=C(COC[C@@H]1CC[C@@H]2[C@@H](CCN2C2CCOC2)O1)N1CCCC1. The first-order chi connectivity index (χ1) is 11.8. The third-order valence-electron chi connectivity index (χ3n) is 6.04. The minimum absolute atomic E-state index is 0.134. The Morgan fingerprint density at radius 3 is 2.75 bits per heavy atom. The molecule has 4 fully saturated rings. The molecule has 1 amide bonds. The van der Waals surface area contributed by atoms with Crippen LogP contribution in [0.5, 0.6) is 0 Å². The van der Waals surface area contributed by atoms with Crippen LogP contribution in [0.4, 0.5) is 0 Å². The molecule has 4 aliphatic rings. The number of rotatable bonds is 5. The molecule has 0 radical (unpaired) electrons. The number of hydrogen-bond acceptors (Lipinski definition) is 5. The van der Waals surface area contributed by atoms with Crippen molar-refractivity contribution >= 4 is 5.91 Å². The van der Waals surface area contributed by atoms with Crippen LogP contribution in [0, 0.1) is 0 Å². The molecular weight excluding hydrogens is 308 g/mol. The van der Waals surface area contributed by atoms with Gasteiger partial charge in [0.2, 0.25) is 5.91 Å². The van der Waals surface area contributed by atoms with Crippen molar-refractivity contribution in [1.29, 1.82) is 0 Å². The quantitative estimate of drug-likeness (QED) is 0.750. The molecule has 0 saturated carbocycles. The molecule has 4 atom stereocenters. The van der Waals surface area contributed by atoms with Crippen molar-refractivity contribution in [3.05, 3.63) is 0 Å². The van der Waals surface area contributed by atoms with Crippen LogP contribution < -0.4 is 0 Å². The molecule has 24 heavy (non-hydrogen) atoms. The fraction of sp³-hybridized carbons (Fsp3) is 0.944. The predicted molar refractivity (Wildman–Crippen MR) is 88.9 cm³/mol. The second-order valence-corrected chi connectivity index (χ2v) is 7.59. The molecule has 0 spiro atoms. The zero-order valence-electron chi connectivity index (χ0n) is 14.5. The van der Waals surface area contributed by atoms with Gasteiger partial charge in [-0.3, -0.25) is 9.69 Å². The van der Waals surface area contributed by atoms with Gasteiger partial charge < -0.3 is 19.1 Å². The highest BCUT2D eigenvalue weighted by atomic mass is 16.5. The zero-order valence-corrected chi connectivity index (χ0v) is 14.5. The highest BCUT2D eigenvalue weighted by Gasteiger charge is 2.43. The molecule has 4 aliphatic heterocycles. The number of carbonyl (C=O) groups is 1. The molecular formula is C18H30N2O4. The highest BCUT2D eigenvalue weighted by Crippen LogP contribution is 2.34. The Morgan fingerprint density at radius 2 is 1.96 bits per heavy atom. The molecule has 1 unspecified atom stereocenters. The summed E-state index contributed by atoms with van der Waals surface area (Å²) in [5.41, 5.74) is 0. The number of ether oxygens (including phenoxy) is 3. The van der Waals surface area contributed by atoms with E-state index in [1.165, 1.54) is 6.42 Å². The van der Waals surface area contributed by atoms with Crippen LogP contribution in [-0.4, -0.2) is 86.1 Å². The second kappa shape index (κ2) is 7.68. The summed E-state index contributed by atoms with van der Waals surface area (Å²) in [6, 6.07) is 1.15. The van der Waals surface area contributed by atoms with Gasteiger partial charge in [-0.05, 0) is 38.5 Å². The van der Waals surface area contributed by atoms with Crippen molar-refractivity contribution in [2.45, 2.75) is 62.8 Å². The summed E-state index contributed by atoms with van der Waals surface area (Å²) in [6.45, 7) is 5.47. The van der Waals surface area contributed by atoms with Crippen LogP contribution in [0.1, 0.15) is 38.5 Å². The van der Waals surface area contributed by atoms with E-state index < -0.39 is 0 Å². The number of fused-ring (bicyclic) bond motifs is 1. The normalized spacial score (nSPS) is 37.1. The zero-order chi connectivity index (χ0) is 16.4. The minimum atomic E-state index is 0.134. The predicted octanol–water partition coefficient (Wildman–Crippen LogP) is 1.04. The van der Waals surface area contributed by atoms with Crippen LogP contribution in [0.2, 0.25) is 0 Å². The lowest BCUT2D eigenvalue weighted by Crippen LogP contribution is -2.47. The van der Waals surface area contributed by atoms with Crippen molar-refractivity contribution in [3.63, 3.8) is 0 Å². The Labute approximate surface area is 144 Å². The van der Waals surface area contributed by atoms with Crippen LogP contribution >= 0.6 is 0 Å². The molecule has 6 heteroatoms. The molecule has 0 N–H and O–H groups in total. The molecule has 4 heterocycles. The lowest BCUT2D eigenvalue weighted by molar-refractivity contribution is -0.139. The van der Waals surface area contributed by atoms with Crippen molar-refractivity contribution in [2.75, 3.05) is 46.1 Å². The monoisotopic (exact) mass is 338 g/mol. The van der Waals surface area contributed by atoms with E-state index in [4.69, 9.17) is 14.2 Å². The number of likely N-dealkylation sites (tertiary alicyclic amines) is 2. The molecule has 4 saturated heterocycles. The molecule has 4 rings (SSSR count). The molecule has 0 bridgehead atoms. The van der Waals surface area contributed by atoms with Gasteiger partial charge >= 0.3 is 0 Å². The summed E-state index contributed by atoms with van der Waals surface area (Å²) in [4.78, 5) is 16.5. The van der Waals surface area contributed by atoms with Crippen molar-refractivity contribution in [1.82, 2.24) is 9.80 Å². The Kier molecular flexibility index (Phi) is 5.37. The average molecular weight is 338 g/mol. The van der Waals surface area contributed by atoms with E-state index in [2.05, 4.69) is 4.90 Å². The van der Waals surface area contributed by atoms with Crippen LogP contribution in [0.25, 0.3) is 0 Å². The van der Waals surface area contributed by atoms with Gasteiger partial charge in [-0.25, -0.2) is 0 Å². The van der Waals surface area contributed by atoms with Crippen LogP contribution in [0.3, 0.4) is 0 Å². The standard InChI is InChI=1S/C18H30N2O4/c21-18(19-7-1-2-8-19)13-23-12-15-3-4-16-17(24-15)5-9-20(16)14-6-10-22-11-14/h14-17H,1-13H2/t14?,15-,16+,17+/m0/s1. The Morgan fingerprint density at radius 1 is 1.08 bits per heavy atom. The Bertz CT molecular complexity index is 435. The molecule has 0 aromatic carbocycles. The van der Waals surface area contributed by atoms with Crippen LogP contribution in [0.15, 0.2) is 0 Å². The maximum atomic E-state index is 12.0.